The molecule has 0 amide bonds. The van der Waals surface area contributed by atoms with E-state index in [0.29, 0.717) is 10.9 Å². The highest BCUT2D eigenvalue weighted by Gasteiger charge is 2.11. The van der Waals surface area contributed by atoms with Gasteiger partial charge in [-0.3, -0.25) is 4.79 Å². The van der Waals surface area contributed by atoms with Gasteiger partial charge in [0.25, 0.3) is 0 Å². The molecule has 0 radical (unpaired) electrons. The molecule has 0 atom stereocenters. The lowest BCUT2D eigenvalue weighted by Gasteiger charge is -2.04. The first kappa shape index (κ1) is 9.86. The van der Waals surface area contributed by atoms with Gasteiger partial charge in [0.2, 0.25) is 0 Å². The molecule has 0 N–H and O–H groups in total. The molecule has 0 saturated heterocycles. The van der Waals surface area contributed by atoms with Crippen LogP contribution in [0.1, 0.15) is 17.4 Å². The van der Waals surface area contributed by atoms with Crippen molar-refractivity contribution in [1.82, 2.24) is 9.07 Å². The van der Waals surface area contributed by atoms with Gasteiger partial charge in [-0.15, -0.1) is 0 Å². The van der Waals surface area contributed by atoms with E-state index in [-0.39, 0.29) is 11.5 Å². The summed E-state index contributed by atoms with van der Waals surface area (Å²) >= 11 is 5.73. The van der Waals surface area contributed by atoms with E-state index in [9.17, 15) is 9.59 Å². The summed E-state index contributed by atoms with van der Waals surface area (Å²) in [6.45, 7) is 1.37. The molecule has 1 aromatic carbocycles. The lowest BCUT2D eigenvalue weighted by Crippen LogP contribution is -2.20. The number of hydrogen-bond acceptors (Lipinski definition) is 3. The highest BCUT2D eigenvalue weighted by atomic mass is 35.5. The molecular weight excluding hydrogens is 216 g/mol. The minimum atomic E-state index is -0.638. The third-order valence-electron chi connectivity index (χ3n) is 2.08. The Morgan fingerprint density at radius 3 is 2.73 bits per heavy atom. The number of hydrogen-bond donors (Lipinski definition) is 0. The average Bonchev–Trinajstić information content (AvgIpc) is 2.23. The van der Waals surface area contributed by atoms with E-state index < -0.39 is 5.69 Å². The minimum Gasteiger partial charge on any atom is -0.293 e. The van der Waals surface area contributed by atoms with Crippen LogP contribution in [0.2, 0.25) is 0 Å². The number of benzene rings is 1. The number of Topliss-reactive ketones (excluding diaryl/α,β-unsaturated/α-hetero) is 1. The van der Waals surface area contributed by atoms with Crippen LogP contribution in [-0.2, 0) is 0 Å². The Hall–Kier alpha value is -1.68. The molecule has 2 aromatic rings. The van der Waals surface area contributed by atoms with Gasteiger partial charge in [0.05, 0.1) is 5.52 Å². The molecule has 76 valence electrons. The maximum Gasteiger partial charge on any atom is 0.363 e. The smallest absolute Gasteiger partial charge is 0.293 e. The molecule has 1 aromatic heterocycles. The van der Waals surface area contributed by atoms with Crippen molar-refractivity contribution in [3.05, 3.63) is 40.4 Å². The highest BCUT2D eigenvalue weighted by molar-refractivity contribution is 6.19. The Bertz CT molecular complexity index is 604. The van der Waals surface area contributed by atoms with Crippen LogP contribution < -0.4 is 5.69 Å². The monoisotopic (exact) mass is 222 g/mol. The second-order valence-electron chi connectivity index (χ2n) is 3.10. The standard InChI is InChI=1S/C10H7ClN2O2/c1-6(14)9-7-4-2-3-5-8(7)13(11)10(15)12-9/h2-5H,1H3. The van der Waals surface area contributed by atoms with Gasteiger partial charge < -0.3 is 0 Å². The minimum absolute atomic E-state index is 0.160. The van der Waals surface area contributed by atoms with Crippen molar-refractivity contribution in [1.29, 1.82) is 0 Å². The predicted octanol–water partition coefficient (Wildman–Crippen LogP) is 1.60. The van der Waals surface area contributed by atoms with Gasteiger partial charge in [0.1, 0.15) is 5.69 Å². The average molecular weight is 223 g/mol. The van der Waals surface area contributed by atoms with Crippen LogP contribution in [0.15, 0.2) is 29.1 Å². The number of halogens is 1. The van der Waals surface area contributed by atoms with E-state index in [1.807, 2.05) is 0 Å². The number of fused-ring (bicyclic) bond motifs is 1. The van der Waals surface area contributed by atoms with Gasteiger partial charge in [-0.25, -0.2) is 8.88 Å². The fraction of sp³-hybridized carbons (Fsp3) is 0.100. The van der Waals surface area contributed by atoms with Gasteiger partial charge in [-0.1, -0.05) is 18.2 Å². The molecule has 0 unspecified atom stereocenters. The number of carbonyl (C=O) groups is 1. The lowest BCUT2D eigenvalue weighted by molar-refractivity contribution is 0.101. The zero-order valence-electron chi connectivity index (χ0n) is 7.90. The molecule has 0 aliphatic rings. The summed E-state index contributed by atoms with van der Waals surface area (Å²) in [6, 6.07) is 6.87. The normalized spacial score (nSPS) is 10.5. The second kappa shape index (κ2) is 3.47. The molecule has 5 heteroatoms. The number of aromatic nitrogens is 2. The van der Waals surface area contributed by atoms with Crippen molar-refractivity contribution in [2.24, 2.45) is 0 Å². The number of rotatable bonds is 1. The molecular formula is C10H7ClN2O2. The maximum atomic E-state index is 11.3. The third-order valence-corrected chi connectivity index (χ3v) is 2.41. The van der Waals surface area contributed by atoms with Crippen LogP contribution in [0.25, 0.3) is 10.9 Å². The Balaban J connectivity index is 3.01. The maximum absolute atomic E-state index is 11.3. The Morgan fingerprint density at radius 2 is 2.07 bits per heavy atom. The first-order chi connectivity index (χ1) is 7.11. The zero-order valence-corrected chi connectivity index (χ0v) is 8.65. The van der Waals surface area contributed by atoms with Crippen molar-refractivity contribution in [2.45, 2.75) is 6.92 Å². The summed E-state index contributed by atoms with van der Waals surface area (Å²) in [5, 5.41) is 0.583. The Labute approximate surface area is 90.2 Å². The van der Waals surface area contributed by atoms with Gasteiger partial charge in [0, 0.05) is 24.1 Å². The van der Waals surface area contributed by atoms with Crippen molar-refractivity contribution < 1.29 is 4.79 Å². The molecule has 4 nitrogen and oxygen atoms in total. The molecule has 0 spiro atoms. The molecule has 0 aliphatic carbocycles. The third kappa shape index (κ3) is 1.53. The van der Waals surface area contributed by atoms with Crippen molar-refractivity contribution in [2.75, 3.05) is 0 Å². The van der Waals surface area contributed by atoms with E-state index >= 15 is 0 Å². The fourth-order valence-electron chi connectivity index (χ4n) is 1.42. The van der Waals surface area contributed by atoms with Crippen molar-refractivity contribution >= 4 is 28.5 Å². The van der Waals surface area contributed by atoms with Crippen LogP contribution in [0, 0.1) is 0 Å². The number of carbonyl (C=O) groups excluding carboxylic acids is 1. The van der Waals surface area contributed by atoms with E-state index in [4.69, 9.17) is 11.8 Å². The summed E-state index contributed by atoms with van der Waals surface area (Å²) in [6.07, 6.45) is 0. The molecule has 0 saturated carbocycles. The van der Waals surface area contributed by atoms with Gasteiger partial charge in [-0.05, 0) is 6.07 Å². The molecule has 0 aliphatic heterocycles. The number of nitrogens with zero attached hydrogens (tertiary/aromatic N) is 2. The predicted molar refractivity (Wildman–Crippen MR) is 57.3 cm³/mol. The molecule has 0 bridgehead atoms. The first-order valence-corrected chi connectivity index (χ1v) is 4.64. The highest BCUT2D eigenvalue weighted by Crippen LogP contribution is 2.15. The summed E-state index contributed by atoms with van der Waals surface area (Å²) < 4.78 is 0.905. The lowest BCUT2D eigenvalue weighted by atomic mass is 10.1. The van der Waals surface area contributed by atoms with E-state index in [1.165, 1.54) is 6.92 Å². The molecule has 15 heavy (non-hydrogen) atoms. The number of ketones is 1. The molecule has 1 heterocycles. The van der Waals surface area contributed by atoms with Crippen LogP contribution in [-0.4, -0.2) is 14.9 Å². The topological polar surface area (TPSA) is 52.0 Å². The van der Waals surface area contributed by atoms with Crippen LogP contribution in [0.5, 0.6) is 0 Å². The van der Waals surface area contributed by atoms with E-state index in [2.05, 4.69) is 4.98 Å². The van der Waals surface area contributed by atoms with Crippen LogP contribution in [0.4, 0.5) is 0 Å². The Kier molecular flexibility index (Phi) is 2.28. The van der Waals surface area contributed by atoms with E-state index in [0.717, 1.165) is 4.09 Å². The summed E-state index contributed by atoms with van der Waals surface area (Å²) in [7, 11) is 0. The molecule has 0 fully saturated rings. The van der Waals surface area contributed by atoms with Gasteiger partial charge >= 0.3 is 5.69 Å². The number of para-hydroxylation sites is 1. The quantitative estimate of drug-likeness (QED) is 0.689. The van der Waals surface area contributed by atoms with Crippen molar-refractivity contribution in [3.8, 4) is 0 Å². The molecule has 2 rings (SSSR count). The van der Waals surface area contributed by atoms with Gasteiger partial charge in [0.15, 0.2) is 5.78 Å². The van der Waals surface area contributed by atoms with Gasteiger partial charge in [-0.2, -0.15) is 4.98 Å². The SMILES string of the molecule is CC(=O)c1nc(=O)n(Cl)c2ccccc12. The van der Waals surface area contributed by atoms with E-state index in [1.54, 1.807) is 24.3 Å². The summed E-state index contributed by atoms with van der Waals surface area (Å²) in [4.78, 5) is 26.2. The second-order valence-corrected chi connectivity index (χ2v) is 3.44. The summed E-state index contributed by atoms with van der Waals surface area (Å²) in [5.74, 6) is -0.249. The largest absolute Gasteiger partial charge is 0.363 e. The van der Waals surface area contributed by atoms with Crippen LogP contribution in [0.3, 0.4) is 0 Å². The van der Waals surface area contributed by atoms with Crippen molar-refractivity contribution in [3.63, 3.8) is 0 Å². The Morgan fingerprint density at radius 1 is 1.40 bits per heavy atom. The summed E-state index contributed by atoms with van der Waals surface area (Å²) in [5.41, 5.74) is 0.0115. The van der Waals surface area contributed by atoms with Crippen LogP contribution >= 0.6 is 11.8 Å². The zero-order chi connectivity index (χ0) is 11.0. The first-order valence-electron chi connectivity index (χ1n) is 4.30. The fourth-order valence-corrected chi connectivity index (χ4v) is 1.60.